The van der Waals surface area contributed by atoms with E-state index in [1.54, 1.807) is 6.92 Å². The number of halogens is 2. The molecule has 1 saturated carbocycles. The van der Waals surface area contributed by atoms with Gasteiger partial charge in [-0.15, -0.1) is 0 Å². The number of aromatic nitrogens is 2. The summed E-state index contributed by atoms with van der Waals surface area (Å²) in [7, 11) is 0. The molecular formula is C13H13F2N3O. The zero-order valence-electron chi connectivity index (χ0n) is 10.4. The van der Waals surface area contributed by atoms with Crippen LogP contribution in [0, 0.1) is 18.6 Å². The fourth-order valence-electron chi connectivity index (χ4n) is 1.78. The summed E-state index contributed by atoms with van der Waals surface area (Å²) in [5.41, 5.74) is 0.469. The van der Waals surface area contributed by atoms with Gasteiger partial charge in [0, 0.05) is 12.1 Å². The quantitative estimate of drug-likeness (QED) is 0.923. The lowest BCUT2D eigenvalue weighted by Gasteiger charge is -2.00. The van der Waals surface area contributed by atoms with E-state index in [9.17, 15) is 8.78 Å². The zero-order chi connectivity index (χ0) is 13.4. The molecule has 0 radical (unpaired) electrons. The fraction of sp³-hybridized carbons (Fsp3) is 0.385. The lowest BCUT2D eigenvalue weighted by molar-refractivity contribution is 0.417. The van der Waals surface area contributed by atoms with Crippen molar-refractivity contribution in [2.24, 2.45) is 0 Å². The maximum atomic E-state index is 13.7. The van der Waals surface area contributed by atoms with Gasteiger partial charge in [-0.1, -0.05) is 5.16 Å². The highest BCUT2D eigenvalue weighted by Gasteiger charge is 2.21. The van der Waals surface area contributed by atoms with E-state index in [1.807, 2.05) is 0 Å². The molecule has 1 N–H and O–H groups in total. The SMILES string of the molecule is Cc1cc(-c2nc(CNC3CC3)no2)c(F)cc1F. The van der Waals surface area contributed by atoms with Crippen LogP contribution in [0.2, 0.25) is 0 Å². The molecular weight excluding hydrogens is 252 g/mol. The average molecular weight is 265 g/mol. The van der Waals surface area contributed by atoms with Gasteiger partial charge in [-0.3, -0.25) is 0 Å². The molecule has 0 amide bonds. The summed E-state index contributed by atoms with van der Waals surface area (Å²) in [4.78, 5) is 4.11. The van der Waals surface area contributed by atoms with Gasteiger partial charge in [0.25, 0.3) is 5.89 Å². The first kappa shape index (κ1) is 12.2. The molecule has 0 bridgehead atoms. The molecule has 3 rings (SSSR count). The molecule has 100 valence electrons. The van der Waals surface area contributed by atoms with E-state index in [1.165, 1.54) is 6.07 Å². The lowest BCUT2D eigenvalue weighted by atomic mass is 10.1. The molecule has 1 fully saturated rings. The summed E-state index contributed by atoms with van der Waals surface area (Å²) >= 11 is 0. The van der Waals surface area contributed by atoms with Gasteiger partial charge in [0.15, 0.2) is 5.82 Å². The topological polar surface area (TPSA) is 51.0 Å². The highest BCUT2D eigenvalue weighted by atomic mass is 19.1. The summed E-state index contributed by atoms with van der Waals surface area (Å²) < 4.78 is 31.9. The van der Waals surface area contributed by atoms with Crippen molar-refractivity contribution in [3.8, 4) is 11.5 Å². The van der Waals surface area contributed by atoms with Crippen LogP contribution in [-0.4, -0.2) is 16.2 Å². The van der Waals surface area contributed by atoms with Crippen LogP contribution in [0.25, 0.3) is 11.5 Å². The normalized spacial score (nSPS) is 14.9. The van der Waals surface area contributed by atoms with Gasteiger partial charge in [-0.05, 0) is 31.4 Å². The van der Waals surface area contributed by atoms with Crippen LogP contribution in [0.15, 0.2) is 16.7 Å². The smallest absolute Gasteiger partial charge is 0.260 e. The molecule has 0 aliphatic heterocycles. The van der Waals surface area contributed by atoms with Crippen molar-refractivity contribution < 1.29 is 13.3 Å². The monoisotopic (exact) mass is 265 g/mol. The van der Waals surface area contributed by atoms with Crippen LogP contribution in [0.3, 0.4) is 0 Å². The van der Waals surface area contributed by atoms with Crippen LogP contribution in [0.4, 0.5) is 8.78 Å². The molecule has 19 heavy (non-hydrogen) atoms. The largest absolute Gasteiger partial charge is 0.334 e. The Hall–Kier alpha value is -1.82. The molecule has 2 aromatic rings. The Morgan fingerprint density at radius 3 is 2.84 bits per heavy atom. The molecule has 6 heteroatoms. The van der Waals surface area contributed by atoms with Crippen molar-refractivity contribution in [3.63, 3.8) is 0 Å². The summed E-state index contributed by atoms with van der Waals surface area (Å²) in [6, 6.07) is 2.74. The van der Waals surface area contributed by atoms with Crippen LogP contribution in [-0.2, 0) is 6.54 Å². The van der Waals surface area contributed by atoms with Crippen molar-refractivity contribution in [1.82, 2.24) is 15.5 Å². The second-order valence-electron chi connectivity index (χ2n) is 4.75. The van der Waals surface area contributed by atoms with E-state index < -0.39 is 11.6 Å². The number of aryl methyl sites for hydroxylation is 1. The Labute approximate surface area is 108 Å². The third kappa shape index (κ3) is 2.63. The summed E-state index contributed by atoms with van der Waals surface area (Å²) in [6.45, 7) is 2.06. The predicted octanol–water partition coefficient (Wildman–Crippen LogP) is 2.58. The zero-order valence-corrected chi connectivity index (χ0v) is 10.4. The molecule has 0 unspecified atom stereocenters. The predicted molar refractivity (Wildman–Crippen MR) is 64.2 cm³/mol. The van der Waals surface area contributed by atoms with E-state index in [0.717, 1.165) is 18.9 Å². The summed E-state index contributed by atoms with van der Waals surface area (Å²) in [6.07, 6.45) is 2.33. The minimum Gasteiger partial charge on any atom is -0.334 e. The van der Waals surface area contributed by atoms with E-state index in [0.29, 0.717) is 24.0 Å². The fourth-order valence-corrected chi connectivity index (χ4v) is 1.78. The summed E-state index contributed by atoms with van der Waals surface area (Å²) in [5.74, 6) is -0.735. The number of hydrogen-bond donors (Lipinski definition) is 1. The van der Waals surface area contributed by atoms with Crippen molar-refractivity contribution in [2.45, 2.75) is 32.4 Å². The molecule has 0 saturated heterocycles. The van der Waals surface area contributed by atoms with Crippen LogP contribution < -0.4 is 5.32 Å². The van der Waals surface area contributed by atoms with Crippen LogP contribution in [0.1, 0.15) is 24.2 Å². The van der Waals surface area contributed by atoms with Gasteiger partial charge in [0.05, 0.1) is 12.1 Å². The van der Waals surface area contributed by atoms with Gasteiger partial charge in [0.1, 0.15) is 11.6 Å². The first-order valence-electron chi connectivity index (χ1n) is 6.15. The number of nitrogens with one attached hydrogen (secondary N) is 1. The van der Waals surface area contributed by atoms with Crippen LogP contribution >= 0.6 is 0 Å². The maximum absolute atomic E-state index is 13.7. The first-order chi connectivity index (χ1) is 9.13. The number of benzene rings is 1. The molecule has 1 heterocycles. The minimum absolute atomic E-state index is 0.0770. The molecule has 1 aromatic heterocycles. The molecule has 1 aliphatic carbocycles. The summed E-state index contributed by atoms with van der Waals surface area (Å²) in [5, 5.41) is 7.01. The lowest BCUT2D eigenvalue weighted by Crippen LogP contribution is -2.16. The second-order valence-corrected chi connectivity index (χ2v) is 4.75. The highest BCUT2D eigenvalue weighted by molar-refractivity contribution is 5.55. The van der Waals surface area contributed by atoms with Crippen molar-refractivity contribution in [2.75, 3.05) is 0 Å². The van der Waals surface area contributed by atoms with Crippen molar-refractivity contribution in [3.05, 3.63) is 35.2 Å². The van der Waals surface area contributed by atoms with Gasteiger partial charge >= 0.3 is 0 Å². The van der Waals surface area contributed by atoms with Crippen LogP contribution in [0.5, 0.6) is 0 Å². The van der Waals surface area contributed by atoms with Gasteiger partial charge in [-0.2, -0.15) is 4.98 Å². The Balaban J connectivity index is 1.83. The van der Waals surface area contributed by atoms with E-state index in [2.05, 4.69) is 15.5 Å². The molecule has 0 atom stereocenters. The molecule has 0 spiro atoms. The molecule has 1 aliphatic rings. The number of rotatable bonds is 4. The van der Waals surface area contributed by atoms with E-state index in [-0.39, 0.29) is 11.5 Å². The molecule has 4 nitrogen and oxygen atoms in total. The highest BCUT2D eigenvalue weighted by Crippen LogP contribution is 2.24. The van der Waals surface area contributed by atoms with Gasteiger partial charge in [0.2, 0.25) is 0 Å². The van der Waals surface area contributed by atoms with Gasteiger partial charge < -0.3 is 9.84 Å². The number of hydrogen-bond acceptors (Lipinski definition) is 4. The Kier molecular flexibility index (Phi) is 3.02. The van der Waals surface area contributed by atoms with Crippen molar-refractivity contribution in [1.29, 1.82) is 0 Å². The third-order valence-corrected chi connectivity index (χ3v) is 3.07. The van der Waals surface area contributed by atoms with E-state index in [4.69, 9.17) is 4.52 Å². The maximum Gasteiger partial charge on any atom is 0.260 e. The van der Waals surface area contributed by atoms with Crippen molar-refractivity contribution >= 4 is 0 Å². The van der Waals surface area contributed by atoms with Gasteiger partial charge in [-0.25, -0.2) is 8.78 Å². The minimum atomic E-state index is -0.701. The van der Waals surface area contributed by atoms with E-state index >= 15 is 0 Å². The Bertz CT molecular complexity index is 608. The molecule has 1 aromatic carbocycles. The second kappa shape index (κ2) is 4.70. The third-order valence-electron chi connectivity index (χ3n) is 3.07. The standard InChI is InChI=1S/C13H13F2N3O/c1-7-4-9(11(15)5-10(7)14)13-17-12(18-19-13)6-16-8-2-3-8/h4-5,8,16H,2-3,6H2,1H3. The number of nitrogens with zero attached hydrogens (tertiary/aromatic N) is 2. The Morgan fingerprint density at radius 2 is 2.11 bits per heavy atom. The first-order valence-corrected chi connectivity index (χ1v) is 6.15. The Morgan fingerprint density at radius 1 is 1.32 bits per heavy atom. The average Bonchev–Trinajstić information content (AvgIpc) is 3.09.